The highest BCUT2D eigenvalue weighted by atomic mass is 32.1. The number of morpholine rings is 1. The molecule has 1 fully saturated rings. The van der Waals surface area contributed by atoms with E-state index in [2.05, 4.69) is 37.9 Å². The van der Waals surface area contributed by atoms with Crippen molar-refractivity contribution in [1.82, 2.24) is 10.3 Å². The van der Waals surface area contributed by atoms with Crippen LogP contribution in [-0.4, -0.2) is 43.4 Å². The van der Waals surface area contributed by atoms with Gasteiger partial charge >= 0.3 is 0 Å². The molecule has 2 rings (SSSR count). The van der Waals surface area contributed by atoms with Gasteiger partial charge in [-0.3, -0.25) is 0 Å². The van der Waals surface area contributed by atoms with E-state index in [1.165, 1.54) is 4.88 Å². The molecule has 1 saturated heterocycles. The molecule has 1 aromatic heterocycles. The number of rotatable bonds is 6. The third-order valence-corrected chi connectivity index (χ3v) is 4.71. The van der Waals surface area contributed by atoms with Gasteiger partial charge in [-0.2, -0.15) is 0 Å². The molecule has 2 atom stereocenters. The van der Waals surface area contributed by atoms with Gasteiger partial charge < -0.3 is 19.7 Å². The monoisotopic (exact) mass is 313 g/mol. The fourth-order valence-electron chi connectivity index (χ4n) is 2.35. The Balaban J connectivity index is 2.17. The number of nitrogens with one attached hydrogen (secondary N) is 1. The largest absolute Gasteiger partial charge is 0.378 e. The van der Waals surface area contributed by atoms with Gasteiger partial charge in [-0.15, -0.1) is 11.3 Å². The van der Waals surface area contributed by atoms with Crippen LogP contribution in [0.25, 0.3) is 0 Å². The number of thiazole rings is 1. The lowest BCUT2D eigenvalue weighted by Gasteiger charge is -2.36. The summed E-state index contributed by atoms with van der Waals surface area (Å²) in [7, 11) is 1.72. The van der Waals surface area contributed by atoms with Crippen molar-refractivity contribution < 1.29 is 9.47 Å². The Morgan fingerprint density at radius 1 is 1.48 bits per heavy atom. The number of hydrogen-bond donors (Lipinski definition) is 1. The molecule has 1 aromatic rings. The summed E-state index contributed by atoms with van der Waals surface area (Å²) < 4.78 is 11.0. The quantitative estimate of drug-likeness (QED) is 0.874. The lowest BCUT2D eigenvalue weighted by atomic mass is 10.2. The lowest BCUT2D eigenvalue weighted by molar-refractivity contribution is 0.0343. The first-order chi connectivity index (χ1) is 10.0. The zero-order valence-corrected chi connectivity index (χ0v) is 14.5. The van der Waals surface area contributed by atoms with Crippen LogP contribution in [0.5, 0.6) is 0 Å². The molecule has 0 amide bonds. The van der Waals surface area contributed by atoms with Crippen LogP contribution in [0.4, 0.5) is 5.13 Å². The van der Waals surface area contributed by atoms with Gasteiger partial charge in [0.05, 0.1) is 31.1 Å². The van der Waals surface area contributed by atoms with Gasteiger partial charge in [0.25, 0.3) is 0 Å². The highest BCUT2D eigenvalue weighted by molar-refractivity contribution is 7.15. The van der Waals surface area contributed by atoms with Gasteiger partial charge in [0, 0.05) is 31.1 Å². The summed E-state index contributed by atoms with van der Waals surface area (Å²) in [5, 5.41) is 4.56. The van der Waals surface area contributed by atoms with Crippen molar-refractivity contribution in [3.63, 3.8) is 0 Å². The molecule has 1 aliphatic rings. The minimum atomic E-state index is 0.258. The van der Waals surface area contributed by atoms with Crippen LogP contribution in [0.2, 0.25) is 0 Å². The predicted octanol–water partition coefficient (Wildman–Crippen LogP) is 2.40. The number of nitrogens with zero attached hydrogens (tertiary/aromatic N) is 2. The first-order valence-electron chi connectivity index (χ1n) is 7.60. The zero-order chi connectivity index (χ0) is 15.4. The van der Waals surface area contributed by atoms with Crippen LogP contribution < -0.4 is 10.2 Å². The summed E-state index contributed by atoms with van der Waals surface area (Å²) in [6.45, 7) is 11.7. The molecule has 0 spiro atoms. The fraction of sp³-hybridized carbons (Fsp3) is 0.800. The number of aromatic nitrogens is 1. The van der Waals surface area contributed by atoms with E-state index in [1.807, 2.05) is 0 Å². The summed E-state index contributed by atoms with van der Waals surface area (Å²) in [4.78, 5) is 8.44. The highest BCUT2D eigenvalue weighted by Crippen LogP contribution is 2.30. The molecule has 1 aliphatic heterocycles. The van der Waals surface area contributed by atoms with Crippen molar-refractivity contribution in [3.8, 4) is 0 Å². The second-order valence-corrected chi connectivity index (χ2v) is 7.04. The maximum Gasteiger partial charge on any atom is 0.186 e. The zero-order valence-electron chi connectivity index (χ0n) is 13.7. The molecule has 0 radical (unpaired) electrons. The van der Waals surface area contributed by atoms with Gasteiger partial charge in [-0.05, 0) is 13.8 Å². The minimum Gasteiger partial charge on any atom is -0.378 e. The third kappa shape index (κ3) is 4.39. The van der Waals surface area contributed by atoms with E-state index in [1.54, 1.807) is 18.4 Å². The number of anilines is 1. The van der Waals surface area contributed by atoms with Crippen molar-refractivity contribution in [2.24, 2.45) is 0 Å². The maximum absolute atomic E-state index is 5.70. The summed E-state index contributed by atoms with van der Waals surface area (Å²) in [5.74, 6) is 0. The average Bonchev–Trinajstić information content (AvgIpc) is 2.83. The first kappa shape index (κ1) is 16.7. The summed E-state index contributed by atoms with van der Waals surface area (Å²) in [6, 6.07) is 0.835. The van der Waals surface area contributed by atoms with Crippen molar-refractivity contribution in [2.75, 3.05) is 25.2 Å². The van der Waals surface area contributed by atoms with Crippen LogP contribution in [0.15, 0.2) is 0 Å². The van der Waals surface area contributed by atoms with Gasteiger partial charge in [0.15, 0.2) is 5.13 Å². The molecule has 2 unspecified atom stereocenters. The summed E-state index contributed by atoms with van der Waals surface area (Å²) in [6.07, 6.45) is 0.258. The van der Waals surface area contributed by atoms with Crippen LogP contribution in [-0.2, 0) is 22.6 Å². The summed E-state index contributed by atoms with van der Waals surface area (Å²) in [5.41, 5.74) is 1.05. The van der Waals surface area contributed by atoms with Crippen molar-refractivity contribution >= 4 is 16.5 Å². The molecule has 1 N–H and O–H groups in total. The normalized spacial score (nSPS) is 23.0. The smallest absolute Gasteiger partial charge is 0.186 e. The molecule has 5 nitrogen and oxygen atoms in total. The van der Waals surface area contributed by atoms with E-state index in [0.717, 1.165) is 30.5 Å². The van der Waals surface area contributed by atoms with Crippen molar-refractivity contribution in [3.05, 3.63) is 10.6 Å². The third-order valence-electron chi connectivity index (χ3n) is 3.57. The van der Waals surface area contributed by atoms with Gasteiger partial charge in [-0.1, -0.05) is 13.8 Å². The van der Waals surface area contributed by atoms with Crippen LogP contribution in [0.1, 0.15) is 38.3 Å². The van der Waals surface area contributed by atoms with Crippen LogP contribution in [0, 0.1) is 0 Å². The van der Waals surface area contributed by atoms with E-state index in [-0.39, 0.29) is 6.10 Å². The Morgan fingerprint density at radius 3 is 2.90 bits per heavy atom. The molecular weight excluding hydrogens is 286 g/mol. The first-order valence-corrected chi connectivity index (χ1v) is 8.42. The second kappa shape index (κ2) is 7.54. The van der Waals surface area contributed by atoms with E-state index in [4.69, 9.17) is 14.5 Å². The van der Waals surface area contributed by atoms with Crippen LogP contribution >= 0.6 is 11.3 Å². The second-order valence-electron chi connectivity index (χ2n) is 5.98. The number of ether oxygens (including phenoxy) is 2. The molecule has 120 valence electrons. The van der Waals surface area contributed by atoms with Gasteiger partial charge in [-0.25, -0.2) is 4.98 Å². The molecule has 2 heterocycles. The van der Waals surface area contributed by atoms with E-state index in [9.17, 15) is 0 Å². The summed E-state index contributed by atoms with van der Waals surface area (Å²) >= 11 is 1.77. The fourth-order valence-corrected chi connectivity index (χ4v) is 3.47. The Kier molecular flexibility index (Phi) is 5.98. The van der Waals surface area contributed by atoms with Gasteiger partial charge in [0.2, 0.25) is 0 Å². The Labute approximate surface area is 131 Å². The number of hydrogen-bond acceptors (Lipinski definition) is 6. The maximum atomic E-state index is 5.70. The Bertz CT molecular complexity index is 450. The molecular formula is C15H27N3O2S. The molecule has 0 aliphatic carbocycles. The molecule has 0 saturated carbocycles. The minimum absolute atomic E-state index is 0.258. The van der Waals surface area contributed by atoms with Crippen LogP contribution in [0.3, 0.4) is 0 Å². The van der Waals surface area contributed by atoms with Gasteiger partial charge in [0.1, 0.15) is 0 Å². The molecule has 0 aromatic carbocycles. The topological polar surface area (TPSA) is 46.6 Å². The average molecular weight is 313 g/mol. The Hall–Kier alpha value is -0.690. The van der Waals surface area contributed by atoms with Crippen molar-refractivity contribution in [2.45, 2.75) is 59.0 Å². The lowest BCUT2D eigenvalue weighted by Crippen LogP contribution is -2.47. The van der Waals surface area contributed by atoms with Crippen molar-refractivity contribution in [1.29, 1.82) is 0 Å². The van der Waals surface area contributed by atoms with E-state index in [0.29, 0.717) is 18.7 Å². The SMILES string of the molecule is COCc1nc(N2CC(C)OCC2C)sc1CNC(C)C. The molecule has 0 bridgehead atoms. The predicted molar refractivity (Wildman–Crippen MR) is 87.0 cm³/mol. The Morgan fingerprint density at radius 2 is 2.24 bits per heavy atom. The van der Waals surface area contributed by atoms with E-state index < -0.39 is 0 Å². The van der Waals surface area contributed by atoms with E-state index >= 15 is 0 Å². The highest BCUT2D eigenvalue weighted by Gasteiger charge is 2.27. The number of methoxy groups -OCH3 is 1. The standard InChI is InChI=1S/C15H27N3O2S/c1-10(2)16-6-14-13(9-19-5)17-15(21-14)18-7-12(4)20-8-11(18)3/h10-12,16H,6-9H2,1-5H3. The molecule has 21 heavy (non-hydrogen) atoms. The molecule has 6 heteroatoms.